The van der Waals surface area contributed by atoms with E-state index in [2.05, 4.69) is 6.58 Å². The van der Waals surface area contributed by atoms with Gasteiger partial charge in [-0.05, 0) is 13.3 Å². The summed E-state index contributed by atoms with van der Waals surface area (Å²) in [7, 11) is 0. The first-order chi connectivity index (χ1) is 6.20. The highest BCUT2D eigenvalue weighted by atomic mass is 32.2. The minimum absolute atomic E-state index is 0.109. The van der Waals surface area contributed by atoms with Crippen LogP contribution in [0.5, 0.6) is 0 Å². The summed E-state index contributed by atoms with van der Waals surface area (Å²) >= 11 is -1.57. The topological polar surface area (TPSA) is 35.5 Å². The zero-order chi connectivity index (χ0) is 9.42. The van der Waals surface area contributed by atoms with E-state index in [0.29, 0.717) is 0 Å². The van der Waals surface area contributed by atoms with Gasteiger partial charge in [-0.2, -0.15) is 4.21 Å². The van der Waals surface area contributed by atoms with Gasteiger partial charge in [0.25, 0.3) is 0 Å². The normalized spacial score (nSPS) is 43.9. The van der Waals surface area contributed by atoms with Crippen LogP contribution in [-0.2, 0) is 19.7 Å². The van der Waals surface area contributed by atoms with Crippen molar-refractivity contribution in [1.29, 1.82) is 0 Å². The minimum Gasteiger partial charge on any atom is -0.261 e. The molecule has 1 saturated heterocycles. The van der Waals surface area contributed by atoms with E-state index >= 15 is 0 Å². The predicted octanol–water partition coefficient (Wildman–Crippen LogP) is 1.50. The van der Waals surface area contributed by atoms with Crippen molar-refractivity contribution in [2.75, 3.05) is 0 Å². The van der Waals surface area contributed by atoms with E-state index in [-0.39, 0.29) is 18.1 Å². The van der Waals surface area contributed by atoms with Crippen molar-refractivity contribution in [3.63, 3.8) is 0 Å². The molecule has 1 unspecified atom stereocenters. The van der Waals surface area contributed by atoms with E-state index in [0.717, 1.165) is 6.42 Å². The van der Waals surface area contributed by atoms with Crippen molar-refractivity contribution in [3.8, 4) is 0 Å². The van der Waals surface area contributed by atoms with Crippen molar-refractivity contribution in [1.82, 2.24) is 0 Å². The summed E-state index contributed by atoms with van der Waals surface area (Å²) < 4.78 is 21.2. The van der Waals surface area contributed by atoms with Crippen LogP contribution in [0.15, 0.2) is 24.3 Å². The molecule has 1 aliphatic carbocycles. The van der Waals surface area contributed by atoms with Crippen LogP contribution in [0.2, 0.25) is 0 Å². The summed E-state index contributed by atoms with van der Waals surface area (Å²) in [5, 5.41) is 0. The largest absolute Gasteiger partial charge is 0.305 e. The Kier molecular flexibility index (Phi) is 2.36. The van der Waals surface area contributed by atoms with E-state index in [1.54, 1.807) is 0 Å². The molecule has 0 spiro atoms. The number of hydrogen-bond acceptors (Lipinski definition) is 3. The molecular weight excluding hydrogens is 188 g/mol. The van der Waals surface area contributed by atoms with E-state index < -0.39 is 11.4 Å². The SMILES string of the molecule is C=C[C@@H]1CC(C)=C[C@H]2OS(=O)O[C@@H]12. The van der Waals surface area contributed by atoms with Crippen LogP contribution < -0.4 is 0 Å². The Bertz CT molecular complexity index is 285. The average Bonchev–Trinajstić information content (AvgIpc) is 2.43. The molecule has 4 atom stereocenters. The number of fused-ring (bicyclic) bond motifs is 1. The molecule has 3 nitrogen and oxygen atoms in total. The van der Waals surface area contributed by atoms with Crippen molar-refractivity contribution in [2.24, 2.45) is 5.92 Å². The third-order valence-electron chi connectivity index (χ3n) is 2.43. The summed E-state index contributed by atoms with van der Waals surface area (Å²) in [6.45, 7) is 5.78. The maximum atomic E-state index is 11.0. The number of rotatable bonds is 1. The molecule has 4 heteroatoms. The highest BCUT2D eigenvalue weighted by Crippen LogP contribution is 2.34. The summed E-state index contributed by atoms with van der Waals surface area (Å²) in [5.41, 5.74) is 1.24. The molecule has 0 aromatic heterocycles. The molecule has 0 saturated carbocycles. The molecule has 0 aromatic rings. The summed E-state index contributed by atoms with van der Waals surface area (Å²) in [5.74, 6) is 0.224. The Morgan fingerprint density at radius 1 is 1.69 bits per heavy atom. The van der Waals surface area contributed by atoms with Gasteiger partial charge in [0, 0.05) is 5.92 Å². The lowest BCUT2D eigenvalue weighted by Crippen LogP contribution is -2.32. The highest BCUT2D eigenvalue weighted by molar-refractivity contribution is 7.75. The molecule has 0 aromatic carbocycles. The van der Waals surface area contributed by atoms with Gasteiger partial charge in [0.15, 0.2) is 0 Å². The molecule has 0 amide bonds. The third-order valence-corrected chi connectivity index (χ3v) is 3.19. The fourth-order valence-electron chi connectivity index (χ4n) is 1.81. The Balaban J connectivity index is 2.25. The number of allylic oxidation sites excluding steroid dienone is 1. The lowest BCUT2D eigenvalue weighted by atomic mass is 9.85. The van der Waals surface area contributed by atoms with Crippen LogP contribution in [0.4, 0.5) is 0 Å². The Hall–Kier alpha value is -0.450. The quantitative estimate of drug-likeness (QED) is 0.602. The van der Waals surface area contributed by atoms with E-state index in [4.69, 9.17) is 8.37 Å². The van der Waals surface area contributed by atoms with Crippen LogP contribution in [-0.4, -0.2) is 16.4 Å². The zero-order valence-electron chi connectivity index (χ0n) is 7.43. The second-order valence-corrected chi connectivity index (χ2v) is 4.24. The van der Waals surface area contributed by atoms with Crippen LogP contribution in [0.25, 0.3) is 0 Å². The monoisotopic (exact) mass is 200 g/mol. The Morgan fingerprint density at radius 2 is 2.46 bits per heavy atom. The fraction of sp³-hybridized carbons (Fsp3) is 0.556. The fourth-order valence-corrected chi connectivity index (χ4v) is 2.63. The van der Waals surface area contributed by atoms with Crippen LogP contribution in [0.3, 0.4) is 0 Å². The van der Waals surface area contributed by atoms with Gasteiger partial charge in [0.1, 0.15) is 12.2 Å². The maximum Gasteiger partial charge on any atom is 0.305 e. The molecule has 0 radical (unpaired) electrons. The van der Waals surface area contributed by atoms with Crippen molar-refractivity contribution < 1.29 is 12.6 Å². The average molecular weight is 200 g/mol. The molecule has 72 valence electrons. The lowest BCUT2D eigenvalue weighted by molar-refractivity contribution is 0.138. The Morgan fingerprint density at radius 3 is 3.15 bits per heavy atom. The minimum atomic E-state index is -1.57. The summed E-state index contributed by atoms with van der Waals surface area (Å²) in [4.78, 5) is 0. The molecule has 13 heavy (non-hydrogen) atoms. The van der Waals surface area contributed by atoms with Crippen molar-refractivity contribution in [3.05, 3.63) is 24.3 Å². The van der Waals surface area contributed by atoms with Gasteiger partial charge in [-0.3, -0.25) is 8.37 Å². The van der Waals surface area contributed by atoms with Crippen molar-refractivity contribution >= 4 is 11.4 Å². The van der Waals surface area contributed by atoms with Gasteiger partial charge in [-0.1, -0.05) is 17.7 Å². The first kappa shape index (κ1) is 9.12. The van der Waals surface area contributed by atoms with Gasteiger partial charge in [0.05, 0.1) is 0 Å². The molecule has 0 bridgehead atoms. The molecule has 1 heterocycles. The van der Waals surface area contributed by atoms with E-state index in [1.807, 2.05) is 19.1 Å². The van der Waals surface area contributed by atoms with Crippen LogP contribution >= 0.6 is 0 Å². The van der Waals surface area contributed by atoms with Gasteiger partial charge in [0.2, 0.25) is 0 Å². The maximum absolute atomic E-state index is 11.0. The van der Waals surface area contributed by atoms with Crippen LogP contribution in [0.1, 0.15) is 13.3 Å². The first-order valence-corrected chi connectivity index (χ1v) is 5.26. The second kappa shape index (κ2) is 3.36. The summed E-state index contributed by atoms with van der Waals surface area (Å²) in [6.07, 6.45) is 4.49. The number of hydrogen-bond donors (Lipinski definition) is 0. The van der Waals surface area contributed by atoms with Crippen molar-refractivity contribution in [2.45, 2.75) is 25.6 Å². The van der Waals surface area contributed by atoms with Crippen LogP contribution in [0, 0.1) is 5.92 Å². The second-order valence-electron chi connectivity index (χ2n) is 3.44. The highest BCUT2D eigenvalue weighted by Gasteiger charge is 2.40. The molecule has 1 aliphatic heterocycles. The molecule has 2 rings (SSSR count). The van der Waals surface area contributed by atoms with E-state index in [1.165, 1.54) is 5.57 Å². The third kappa shape index (κ3) is 1.61. The molecular formula is C9H12O3S. The molecule has 2 aliphatic rings. The zero-order valence-corrected chi connectivity index (χ0v) is 8.25. The van der Waals surface area contributed by atoms with Gasteiger partial charge < -0.3 is 0 Å². The lowest BCUT2D eigenvalue weighted by Gasteiger charge is -2.25. The molecule has 0 N–H and O–H groups in total. The predicted molar refractivity (Wildman–Crippen MR) is 49.9 cm³/mol. The van der Waals surface area contributed by atoms with Gasteiger partial charge in [-0.15, -0.1) is 6.58 Å². The molecule has 1 fully saturated rings. The first-order valence-electron chi connectivity index (χ1n) is 4.26. The van der Waals surface area contributed by atoms with E-state index in [9.17, 15) is 4.21 Å². The smallest absolute Gasteiger partial charge is 0.261 e. The van der Waals surface area contributed by atoms with Gasteiger partial charge >= 0.3 is 11.4 Å². The van der Waals surface area contributed by atoms with Gasteiger partial charge in [-0.25, -0.2) is 0 Å². The standard InChI is InChI=1S/C9H12O3S/c1-3-7-4-6(2)5-8-9(7)12-13(10)11-8/h3,5,7-9H,1,4H2,2H3/t7-,8-,9+,13?/m1/s1. The summed E-state index contributed by atoms with van der Waals surface area (Å²) in [6, 6.07) is 0. The Labute approximate surface area is 80.3 Å².